The van der Waals surface area contributed by atoms with Crippen molar-refractivity contribution in [3.05, 3.63) is 0 Å². The van der Waals surface area contributed by atoms with Crippen molar-refractivity contribution in [1.29, 1.82) is 0 Å². The third-order valence-corrected chi connectivity index (χ3v) is 2.02. The first-order valence-corrected chi connectivity index (χ1v) is 3.64. The summed E-state index contributed by atoms with van der Waals surface area (Å²) in [5.41, 5.74) is 15.6. The zero-order valence-corrected chi connectivity index (χ0v) is 7.44. The summed E-state index contributed by atoms with van der Waals surface area (Å²) in [6.45, 7) is 0. The lowest BCUT2D eigenvalue weighted by Gasteiger charge is -2.36. The number of likely N-dealkylation sites (N-methyl/N-ethyl adjacent to an activating group) is 1. The van der Waals surface area contributed by atoms with Crippen LogP contribution in [0.2, 0.25) is 0 Å². The quantitative estimate of drug-likeness (QED) is 0.244. The van der Waals surface area contributed by atoms with Gasteiger partial charge in [-0.05, 0) is 0 Å². The first-order valence-electron chi connectivity index (χ1n) is 3.64. The van der Waals surface area contributed by atoms with E-state index >= 15 is 0 Å². The van der Waals surface area contributed by atoms with Gasteiger partial charge in [0.05, 0.1) is 0 Å². The van der Waals surface area contributed by atoms with Gasteiger partial charge >= 0.3 is 12.1 Å². The van der Waals surface area contributed by atoms with Gasteiger partial charge in [-0.25, -0.2) is 9.59 Å². The lowest BCUT2D eigenvalue weighted by atomic mass is 10.2. The van der Waals surface area contributed by atoms with Crippen molar-refractivity contribution >= 4 is 12.1 Å². The van der Waals surface area contributed by atoms with E-state index in [0.717, 1.165) is 4.90 Å². The van der Waals surface area contributed by atoms with Crippen molar-refractivity contribution in [2.75, 3.05) is 7.05 Å². The summed E-state index contributed by atoms with van der Waals surface area (Å²) in [6.07, 6.45) is 0. The highest BCUT2D eigenvalue weighted by Gasteiger charge is 2.58. The molecule has 0 aliphatic carbocycles. The van der Waals surface area contributed by atoms with Crippen molar-refractivity contribution in [3.63, 3.8) is 0 Å². The molecule has 9 N–H and O–H groups in total. The van der Waals surface area contributed by atoms with E-state index in [9.17, 15) is 14.7 Å². The predicted molar refractivity (Wildman–Crippen MR) is 45.1 cm³/mol. The lowest BCUT2D eigenvalue weighted by molar-refractivity contribution is -0.105. The van der Waals surface area contributed by atoms with Crippen LogP contribution in [0.25, 0.3) is 0 Å². The normalized spacial score (nSPS) is 36.9. The van der Waals surface area contributed by atoms with Gasteiger partial charge in [0.15, 0.2) is 0 Å². The van der Waals surface area contributed by atoms with Crippen LogP contribution in [0, 0.1) is 0 Å². The van der Waals surface area contributed by atoms with Gasteiger partial charge in [0, 0.05) is 7.05 Å². The molecule has 14 heavy (non-hydrogen) atoms. The van der Waals surface area contributed by atoms with Gasteiger partial charge in [-0.1, -0.05) is 0 Å². The van der Waals surface area contributed by atoms with E-state index in [2.05, 4.69) is 5.32 Å². The first-order chi connectivity index (χ1) is 6.21. The topological polar surface area (TPSA) is 160 Å². The molecule has 0 aromatic heterocycles. The molecule has 9 heteroatoms. The minimum absolute atomic E-state index is 0.730. The molecule has 1 fully saturated rings. The number of nitrogens with two attached hydrogens (primary N) is 3. The van der Waals surface area contributed by atoms with Gasteiger partial charge in [0.2, 0.25) is 5.79 Å². The number of nitrogens with one attached hydrogen (secondary N) is 2. The molecule has 0 radical (unpaired) electrons. The molecule has 1 rings (SSSR count). The molecule has 0 saturated carbocycles. The monoisotopic (exact) mass is 204 g/mol. The Morgan fingerprint density at radius 2 is 2.14 bits per heavy atom. The molecule has 1 aliphatic heterocycles. The minimum Gasteiger partial charge on any atom is -0.354 e. The molecular weight excluding hydrogens is 192 g/mol. The molecule has 4 amide bonds. The summed E-state index contributed by atoms with van der Waals surface area (Å²) in [5, 5.41) is 13.6. The highest BCUT2D eigenvalue weighted by atomic mass is 16.3. The fourth-order valence-electron chi connectivity index (χ4n) is 1.08. The zero-order chi connectivity index (χ0) is 11.1. The fourth-order valence-corrected chi connectivity index (χ4v) is 1.08. The number of carbonyl (C=O) groups excluding carboxylic acids is 2. The summed E-state index contributed by atoms with van der Waals surface area (Å²) >= 11 is 0. The largest absolute Gasteiger partial charge is 0.354 e. The Bertz CT molecular complexity index is 287. The van der Waals surface area contributed by atoms with Crippen molar-refractivity contribution in [2.24, 2.45) is 17.2 Å². The number of hydrogen-bond donors (Lipinski definition) is 6. The Morgan fingerprint density at radius 3 is 2.43 bits per heavy atom. The summed E-state index contributed by atoms with van der Waals surface area (Å²) < 4.78 is 0. The molecule has 1 saturated heterocycles. The smallest absolute Gasteiger partial charge is 0.323 e. The number of carbonyl (C=O) groups is 2. The Balaban J connectivity index is 3.00. The van der Waals surface area contributed by atoms with Crippen LogP contribution in [0.5, 0.6) is 0 Å². The van der Waals surface area contributed by atoms with Crippen molar-refractivity contribution in [3.8, 4) is 0 Å². The summed E-state index contributed by atoms with van der Waals surface area (Å²) in [5.74, 6) is -4.26. The van der Waals surface area contributed by atoms with E-state index in [1.807, 2.05) is 5.32 Å². The third-order valence-electron chi connectivity index (χ3n) is 2.02. The van der Waals surface area contributed by atoms with Crippen molar-refractivity contribution in [2.45, 2.75) is 11.6 Å². The molecule has 2 atom stereocenters. The fraction of sp³-hybridized carbons (Fsp3) is 0.600. The van der Waals surface area contributed by atoms with Gasteiger partial charge < -0.3 is 10.8 Å². The van der Waals surface area contributed by atoms with Gasteiger partial charge in [0.1, 0.15) is 0 Å². The predicted octanol–water partition coefficient (Wildman–Crippen LogP) is -3.47. The molecule has 1 heterocycles. The van der Waals surface area contributed by atoms with E-state index in [-0.39, 0.29) is 0 Å². The molecule has 0 aromatic rings. The number of primary amides is 1. The summed E-state index contributed by atoms with van der Waals surface area (Å²) in [4.78, 5) is 22.4. The highest BCUT2D eigenvalue weighted by molar-refractivity contribution is 5.81. The number of urea groups is 2. The number of nitrogens with zero attached hydrogens (tertiary/aromatic N) is 1. The van der Waals surface area contributed by atoms with Gasteiger partial charge in [-0.2, -0.15) is 0 Å². The number of hydrogen-bond acceptors (Lipinski definition) is 5. The van der Waals surface area contributed by atoms with E-state index in [0.29, 0.717) is 0 Å². The van der Waals surface area contributed by atoms with Crippen LogP contribution in [-0.4, -0.2) is 40.8 Å². The van der Waals surface area contributed by atoms with E-state index in [1.165, 1.54) is 7.05 Å². The average Bonchev–Trinajstić information content (AvgIpc) is 2.11. The zero-order valence-electron chi connectivity index (χ0n) is 7.44. The Labute approximate surface area is 79.2 Å². The maximum Gasteiger partial charge on any atom is 0.323 e. The standard InChI is InChI=1S/C5H12N6O3/c1-11-3(13)10-4(7,5(11,8)14)9-2(6)12/h14H,7-8H2,1H3,(H,10,13)(H3,6,9,12). The van der Waals surface area contributed by atoms with E-state index in [1.54, 1.807) is 0 Å². The second-order valence-electron chi connectivity index (χ2n) is 3.01. The van der Waals surface area contributed by atoms with E-state index < -0.39 is 23.7 Å². The second-order valence-corrected chi connectivity index (χ2v) is 3.01. The van der Waals surface area contributed by atoms with Gasteiger partial charge in [-0.15, -0.1) is 0 Å². The SMILES string of the molecule is CN1C(=O)NC(N)(NC(N)=O)C1(N)O. The maximum atomic E-state index is 11.1. The summed E-state index contributed by atoms with van der Waals surface area (Å²) in [7, 11) is 1.21. The van der Waals surface area contributed by atoms with Crippen molar-refractivity contribution < 1.29 is 14.7 Å². The number of rotatable bonds is 1. The van der Waals surface area contributed by atoms with E-state index in [4.69, 9.17) is 17.2 Å². The Hall–Kier alpha value is -1.58. The first kappa shape index (κ1) is 10.5. The molecule has 0 aromatic carbocycles. The van der Waals surface area contributed by atoms with Crippen LogP contribution in [0.15, 0.2) is 0 Å². The van der Waals surface area contributed by atoms with Crippen LogP contribution < -0.4 is 27.8 Å². The molecule has 0 bridgehead atoms. The number of aliphatic hydroxyl groups is 1. The average molecular weight is 204 g/mol. The Morgan fingerprint density at radius 1 is 1.64 bits per heavy atom. The second kappa shape index (κ2) is 2.70. The highest BCUT2D eigenvalue weighted by Crippen LogP contribution is 2.19. The van der Waals surface area contributed by atoms with Crippen molar-refractivity contribution in [1.82, 2.24) is 15.5 Å². The van der Waals surface area contributed by atoms with Gasteiger partial charge in [-0.3, -0.25) is 27.0 Å². The van der Waals surface area contributed by atoms with Gasteiger partial charge in [0.25, 0.3) is 5.85 Å². The lowest BCUT2D eigenvalue weighted by Crippen LogP contribution is -2.79. The molecule has 1 aliphatic rings. The van der Waals surface area contributed by atoms with Crippen LogP contribution in [-0.2, 0) is 0 Å². The molecule has 80 valence electrons. The molecule has 0 spiro atoms. The van der Waals surface area contributed by atoms with Crippen LogP contribution >= 0.6 is 0 Å². The third kappa shape index (κ3) is 1.23. The summed E-state index contributed by atoms with van der Waals surface area (Å²) in [6, 6.07) is -1.75. The minimum atomic E-state index is -2.25. The van der Waals surface area contributed by atoms with Crippen LogP contribution in [0.3, 0.4) is 0 Å². The molecule has 9 nitrogen and oxygen atoms in total. The maximum absolute atomic E-state index is 11.1. The van der Waals surface area contributed by atoms with Crippen LogP contribution in [0.1, 0.15) is 0 Å². The molecule has 2 unspecified atom stereocenters. The molecular formula is C5H12N6O3. The van der Waals surface area contributed by atoms with Crippen LogP contribution in [0.4, 0.5) is 9.59 Å². The Kier molecular flexibility index (Phi) is 2.03. The number of amides is 4.